The van der Waals surface area contributed by atoms with E-state index >= 15 is 0 Å². The summed E-state index contributed by atoms with van der Waals surface area (Å²) in [5, 5.41) is 22.0. The van der Waals surface area contributed by atoms with Gasteiger partial charge in [-0.05, 0) is 5.92 Å². The average molecular weight is 1210 g/mol. The normalized spacial score (nSPS) is 23.7. The van der Waals surface area contributed by atoms with Crippen molar-refractivity contribution in [1.82, 2.24) is 62.4 Å². The number of aliphatic imine (C=N–C) groups is 1. The Morgan fingerprint density at radius 1 is 0.740 bits per heavy atom. The second-order valence-corrected chi connectivity index (χ2v) is 23.5. The van der Waals surface area contributed by atoms with Crippen LogP contribution in [0.3, 0.4) is 0 Å². The number of H-pyrrole nitrogens is 2. The molecule has 0 spiro atoms. The van der Waals surface area contributed by atoms with Gasteiger partial charge in [-0.3, -0.25) is 19.3 Å². The number of nitrogens with one attached hydrogen (secondary N) is 10. The number of aromatic nitrogens is 3. The van der Waals surface area contributed by atoms with Crippen LogP contribution < -0.4 is 80.9 Å². The number of aromatic amines is 2. The van der Waals surface area contributed by atoms with E-state index in [1.807, 2.05) is 18.2 Å². The number of carbonyl (C=O) groups excluding carboxylic acids is 10. The van der Waals surface area contributed by atoms with Crippen molar-refractivity contribution < 1.29 is 69.2 Å². The van der Waals surface area contributed by atoms with E-state index in [0.717, 1.165) is 37.4 Å². The molecule has 77 heavy (non-hydrogen) atoms. The van der Waals surface area contributed by atoms with Crippen molar-refractivity contribution in [2.24, 2.45) is 28.1 Å². The molecule has 2 aliphatic rings. The molecule has 0 saturated carbocycles. The Hall–Kier alpha value is -7.41. The zero-order valence-electron chi connectivity index (χ0n) is 42.1. The van der Waals surface area contributed by atoms with Crippen molar-refractivity contribution in [1.29, 1.82) is 0 Å². The van der Waals surface area contributed by atoms with Crippen LogP contribution in [-0.2, 0) is 62.4 Å². The van der Waals surface area contributed by atoms with E-state index in [-0.39, 0.29) is 51.6 Å². The number of fused-ring (bicyclic) bond motifs is 1. The summed E-state index contributed by atoms with van der Waals surface area (Å²) in [6.07, 6.45) is 4.11. The molecule has 16 N–H and O–H groups in total. The molecule has 8 atom stereocenters. The molecular formula is C48H62IN16O10S2-. The number of carbonyl (C=O) groups is 10. The molecule has 2 saturated heterocycles. The number of imidazole rings is 1. The van der Waals surface area contributed by atoms with Crippen LogP contribution in [0.5, 0.6) is 0 Å². The van der Waals surface area contributed by atoms with E-state index < -0.39 is 135 Å². The van der Waals surface area contributed by atoms with Crippen LogP contribution in [0.2, 0.25) is 0 Å². The predicted molar refractivity (Wildman–Crippen MR) is 282 cm³/mol. The van der Waals surface area contributed by atoms with Crippen molar-refractivity contribution in [2.75, 3.05) is 27.0 Å². The van der Waals surface area contributed by atoms with Crippen molar-refractivity contribution in [2.45, 2.75) is 88.4 Å². The summed E-state index contributed by atoms with van der Waals surface area (Å²) in [5.74, 6) is -8.34. The summed E-state index contributed by atoms with van der Waals surface area (Å²) < 4.78 is 0.213. The molecule has 2 aliphatic heterocycles. The Bertz CT molecular complexity index is 2820. The second-order valence-electron chi connectivity index (χ2n) is 18.3. The Morgan fingerprint density at radius 2 is 1.36 bits per heavy atom. The van der Waals surface area contributed by atoms with Gasteiger partial charge in [0.05, 0.1) is 0 Å². The molecule has 414 valence electrons. The summed E-state index contributed by atoms with van der Waals surface area (Å²) in [7, 11) is 1.97. The summed E-state index contributed by atoms with van der Waals surface area (Å²) in [5.41, 5.74) is 19.4. The van der Waals surface area contributed by atoms with Gasteiger partial charge in [0.1, 0.15) is 18.6 Å². The van der Waals surface area contributed by atoms with Gasteiger partial charge in [0.2, 0.25) is 11.8 Å². The fraction of sp³-hybridized carbons (Fsp3) is 0.417. The molecule has 2 fully saturated rings. The van der Waals surface area contributed by atoms with E-state index in [1.54, 1.807) is 56.4 Å². The van der Waals surface area contributed by atoms with E-state index in [4.69, 9.17) is 17.2 Å². The van der Waals surface area contributed by atoms with Crippen LogP contribution in [0.4, 0.5) is 4.79 Å². The Kier molecular flexibility index (Phi) is 21.5. The van der Waals surface area contributed by atoms with Gasteiger partial charge in [0.25, 0.3) is 5.91 Å². The first-order chi connectivity index (χ1) is 36.8. The number of amides is 11. The van der Waals surface area contributed by atoms with E-state index in [1.165, 1.54) is 19.4 Å². The number of imide groups is 1. The molecule has 4 heterocycles. The monoisotopic (exact) mass is 1210 g/mol. The first-order valence-corrected chi connectivity index (χ1v) is 29.7. The maximum atomic E-state index is 14.6. The van der Waals surface area contributed by atoms with Crippen molar-refractivity contribution >= 4 is 97.6 Å². The molecule has 26 nitrogen and oxygen atoms in total. The van der Waals surface area contributed by atoms with E-state index in [0.29, 0.717) is 16.8 Å². The number of nitrogens with two attached hydrogens (primary N) is 3. The average Bonchev–Trinajstić information content (AvgIpc) is 4.14. The third kappa shape index (κ3) is 17.0. The number of benzene rings is 2. The number of hydrogen-bond acceptors (Lipinski definition) is 14. The fourth-order valence-electron chi connectivity index (χ4n) is 7.96. The Morgan fingerprint density at radius 3 is 2.03 bits per heavy atom. The van der Waals surface area contributed by atoms with Gasteiger partial charge in [-0.1, -0.05) is 13.8 Å². The minimum absolute atomic E-state index is 0.0479. The Balaban J connectivity index is 1.35. The number of hydrogen-bond donors (Lipinski definition) is 13. The van der Waals surface area contributed by atoms with Crippen molar-refractivity contribution in [3.8, 4) is 0 Å². The third-order valence-electron chi connectivity index (χ3n) is 12.1. The molecule has 6 rings (SSSR count). The number of primary amides is 1. The zero-order chi connectivity index (χ0) is 55.8. The number of nitrogens with zero attached hydrogens (tertiary/aromatic N) is 3. The molecule has 0 aliphatic carbocycles. The molecule has 8 unspecified atom stereocenters. The second kappa shape index (κ2) is 28.1. The molecule has 0 bridgehead atoms. The van der Waals surface area contributed by atoms with Crippen LogP contribution in [0.25, 0.3) is 10.9 Å². The number of urea groups is 1. The zero-order valence-corrected chi connectivity index (χ0v) is 45.9. The summed E-state index contributed by atoms with van der Waals surface area (Å²) in [6, 6.07) is 4.65. The van der Waals surface area contributed by atoms with Gasteiger partial charge in [-0.15, -0.1) is 0 Å². The van der Waals surface area contributed by atoms with Crippen LogP contribution >= 0.6 is 21.6 Å². The molecule has 0 radical (unpaired) electrons. The molecule has 11 amide bonds. The van der Waals surface area contributed by atoms with Crippen LogP contribution in [0.1, 0.15) is 37.6 Å². The van der Waals surface area contributed by atoms with Crippen LogP contribution in [0, 0.1) is 5.92 Å². The Labute approximate surface area is 460 Å². The number of para-hydroxylation sites is 1. The van der Waals surface area contributed by atoms with Gasteiger partial charge in [0.15, 0.2) is 0 Å². The fourth-order valence-corrected chi connectivity index (χ4v) is 12.5. The number of alkyl halides is 2. The van der Waals surface area contributed by atoms with Gasteiger partial charge in [0, 0.05) is 0 Å². The molecule has 29 heteroatoms. The number of halogens is 1. The van der Waals surface area contributed by atoms with Crippen LogP contribution in [0.15, 0.2) is 78.3 Å². The van der Waals surface area contributed by atoms with Crippen molar-refractivity contribution in [3.63, 3.8) is 0 Å². The number of rotatable bonds is 15. The van der Waals surface area contributed by atoms with E-state index in [9.17, 15) is 47.9 Å². The quantitative estimate of drug-likeness (QED) is 0.00771. The van der Waals surface area contributed by atoms with Crippen molar-refractivity contribution in [3.05, 3.63) is 90.1 Å². The molecule has 2 aromatic heterocycles. The SMILES string of the molecule is CC1NC(=O)C(NC(=O)CN2C(=O)NC(C(C)C)C2=O)CSSCC(C(N)=O)NC(=O)C(Cc2c[nH]c3ccccc23)NC(=O)C(C[I-]CN=C(N)N)NC(=O)C(Cc2ccccc2)NC(=O)C(Cc2cnc[nH]2)NC1=O. The van der Waals surface area contributed by atoms with E-state index in [2.05, 4.69) is 62.5 Å². The first-order valence-electron chi connectivity index (χ1n) is 24.2. The summed E-state index contributed by atoms with van der Waals surface area (Å²) in [6.45, 7) is 4.03. The van der Waals surface area contributed by atoms with Gasteiger partial charge >= 0.3 is 372 Å². The van der Waals surface area contributed by atoms with Gasteiger partial charge in [-0.2, -0.15) is 0 Å². The predicted octanol–water partition coefficient (Wildman–Crippen LogP) is -5.89. The van der Waals surface area contributed by atoms with Gasteiger partial charge in [-0.25, -0.2) is 4.79 Å². The topological polar surface area (TPSA) is 405 Å². The summed E-state index contributed by atoms with van der Waals surface area (Å²) in [4.78, 5) is 153. The molecule has 2 aromatic carbocycles. The number of guanidine groups is 1. The van der Waals surface area contributed by atoms with Crippen LogP contribution in [-0.4, -0.2) is 160 Å². The molecule has 4 aromatic rings. The minimum atomic E-state index is -1.44. The van der Waals surface area contributed by atoms with Gasteiger partial charge < -0.3 is 10.6 Å². The maximum absolute atomic E-state index is 14.6. The third-order valence-corrected chi connectivity index (χ3v) is 16.9. The standard InChI is InChI=1S/C48H62IN16O10S2/c1-24(2)38-46(74)65(48(75)64-38)19-37(66)58-36-21-77-76-20-35(39(50)67)63-42(70)32(14-27-17-54-30-12-8-7-11-29(27)30)61-44(72)34(16-49-22-55-47(51)52)62-41(69)31(13-26-9-5-4-6-10-26)60-43(71)33(15-28-18-53-23-56-28)59-40(68)25(3)57-45(36)73/h4-12,17-18,23-25,31-36,38,54H,13-16,19-22H2,1-3H3,(H2,50,67)(H,53,56)(H,57,73)(H,58,66)(H,59,68)(H,60,71)(H,61,72)(H,62,69)(H,63,70)(H,64,75)(H4,51,52,55)/q-1. The molecular weight excluding hydrogens is 1150 g/mol. The summed E-state index contributed by atoms with van der Waals surface area (Å²) >= 11 is -1.04. The first kappa shape index (κ1) is 58.8.